The van der Waals surface area contributed by atoms with E-state index in [1.165, 1.54) is 18.4 Å². The highest BCUT2D eigenvalue weighted by molar-refractivity contribution is 6.30. The number of hydrogen-bond donors (Lipinski definition) is 2. The first-order valence-electron chi connectivity index (χ1n) is 7.00. The Kier molecular flexibility index (Phi) is 3.35. The van der Waals surface area contributed by atoms with Crippen LogP contribution in [0.3, 0.4) is 0 Å². The molecular weight excluding hydrogens is 246 g/mol. The zero-order chi connectivity index (χ0) is 12.6. The van der Waals surface area contributed by atoms with Crippen molar-refractivity contribution in [3.05, 3.63) is 34.9 Å². The van der Waals surface area contributed by atoms with Crippen molar-refractivity contribution in [2.45, 2.75) is 43.7 Å². The Balaban J connectivity index is 1.88. The third-order valence-corrected chi connectivity index (χ3v) is 5.00. The topological polar surface area (TPSA) is 36.8 Å². The van der Waals surface area contributed by atoms with E-state index in [-0.39, 0.29) is 0 Å². The summed E-state index contributed by atoms with van der Waals surface area (Å²) in [6.45, 7) is 1.03. The number of rotatable bonds is 1. The number of hydrogen-bond acceptors (Lipinski definition) is 1. The van der Waals surface area contributed by atoms with Crippen LogP contribution in [-0.2, 0) is 0 Å². The first kappa shape index (κ1) is 12.5. The predicted octanol–water partition coefficient (Wildman–Crippen LogP) is 2.27. The van der Waals surface area contributed by atoms with Gasteiger partial charge in [-0.1, -0.05) is 36.6 Å². The van der Waals surface area contributed by atoms with Gasteiger partial charge in [0.15, 0.2) is 0 Å². The van der Waals surface area contributed by atoms with Crippen LogP contribution in [0.1, 0.15) is 43.7 Å². The van der Waals surface area contributed by atoms with Crippen LogP contribution in [0.25, 0.3) is 0 Å². The Morgan fingerprint density at radius 3 is 2.72 bits per heavy atom. The Morgan fingerprint density at radius 1 is 1.17 bits per heavy atom. The molecule has 0 bridgehead atoms. The Labute approximate surface area is 113 Å². The molecule has 0 amide bonds. The molecule has 1 aliphatic carbocycles. The summed E-state index contributed by atoms with van der Waals surface area (Å²) in [5, 5.41) is 14.0. The maximum Gasteiger partial charge on any atom is 0.117 e. The van der Waals surface area contributed by atoms with Gasteiger partial charge in [-0.25, -0.2) is 0 Å². The summed E-state index contributed by atoms with van der Waals surface area (Å²) < 4.78 is 0. The van der Waals surface area contributed by atoms with Crippen LogP contribution < -0.4 is 5.32 Å². The van der Waals surface area contributed by atoms with Gasteiger partial charge in [0.1, 0.15) is 6.04 Å². The summed E-state index contributed by atoms with van der Waals surface area (Å²) in [6, 6.07) is 8.55. The van der Waals surface area contributed by atoms with E-state index in [1.54, 1.807) is 0 Å². The summed E-state index contributed by atoms with van der Waals surface area (Å²) in [5.74, 6) is 0.404. The highest BCUT2D eigenvalue weighted by atomic mass is 35.5. The van der Waals surface area contributed by atoms with E-state index in [0.717, 1.165) is 30.8 Å². The molecule has 2 aliphatic rings. The average molecular weight is 267 g/mol. The van der Waals surface area contributed by atoms with Crippen molar-refractivity contribution < 1.29 is 10.4 Å². The third kappa shape index (κ3) is 2.18. The molecule has 2 fully saturated rings. The van der Waals surface area contributed by atoms with Crippen LogP contribution in [0.5, 0.6) is 0 Å². The van der Waals surface area contributed by atoms with Gasteiger partial charge in [0.2, 0.25) is 0 Å². The first-order chi connectivity index (χ1) is 8.69. The highest BCUT2D eigenvalue weighted by Crippen LogP contribution is 2.43. The number of quaternary nitrogens is 1. The lowest BCUT2D eigenvalue weighted by Gasteiger charge is -2.46. The van der Waals surface area contributed by atoms with Crippen LogP contribution in [0.15, 0.2) is 24.3 Å². The van der Waals surface area contributed by atoms with Crippen molar-refractivity contribution in [1.82, 2.24) is 0 Å². The molecule has 98 valence electrons. The SMILES string of the molecule is O[C@@]12CCCC[C@H]1[C@@H](c1ccc(Cl)cc1)[NH2+]CC2. The molecule has 0 radical (unpaired) electrons. The maximum absolute atomic E-state index is 10.8. The summed E-state index contributed by atoms with van der Waals surface area (Å²) >= 11 is 5.96. The van der Waals surface area contributed by atoms with Crippen LogP contribution in [0.4, 0.5) is 0 Å². The minimum Gasteiger partial charge on any atom is -0.389 e. The molecule has 0 spiro atoms. The van der Waals surface area contributed by atoms with Gasteiger partial charge < -0.3 is 10.4 Å². The molecular formula is C15H21ClNO+. The number of benzene rings is 1. The fraction of sp³-hybridized carbons (Fsp3) is 0.600. The molecule has 0 aromatic heterocycles. The van der Waals surface area contributed by atoms with Crippen molar-refractivity contribution in [3.8, 4) is 0 Å². The van der Waals surface area contributed by atoms with Gasteiger partial charge >= 0.3 is 0 Å². The van der Waals surface area contributed by atoms with Gasteiger partial charge in [0.25, 0.3) is 0 Å². The van der Waals surface area contributed by atoms with Gasteiger partial charge in [0.05, 0.1) is 12.1 Å². The lowest BCUT2D eigenvalue weighted by molar-refractivity contribution is -0.719. The van der Waals surface area contributed by atoms with Crippen molar-refractivity contribution >= 4 is 11.6 Å². The molecule has 18 heavy (non-hydrogen) atoms. The number of piperidine rings is 1. The van der Waals surface area contributed by atoms with Crippen LogP contribution in [0, 0.1) is 5.92 Å². The second-order valence-electron chi connectivity index (χ2n) is 5.81. The fourth-order valence-corrected chi connectivity index (χ4v) is 3.93. The molecule has 1 heterocycles. The normalized spacial score (nSPS) is 36.1. The summed E-state index contributed by atoms with van der Waals surface area (Å²) in [4.78, 5) is 0. The second kappa shape index (κ2) is 4.84. The number of aliphatic hydroxyl groups is 1. The lowest BCUT2D eigenvalue weighted by atomic mass is 9.67. The molecule has 1 aliphatic heterocycles. The smallest absolute Gasteiger partial charge is 0.117 e. The summed E-state index contributed by atoms with van der Waals surface area (Å²) in [7, 11) is 0. The van der Waals surface area contributed by atoms with Gasteiger partial charge in [-0.05, 0) is 25.0 Å². The molecule has 3 heteroatoms. The molecule has 3 atom stereocenters. The van der Waals surface area contributed by atoms with E-state index >= 15 is 0 Å². The molecule has 2 nitrogen and oxygen atoms in total. The summed E-state index contributed by atoms with van der Waals surface area (Å²) in [5.41, 5.74) is 0.890. The first-order valence-corrected chi connectivity index (χ1v) is 7.38. The quantitative estimate of drug-likeness (QED) is 0.804. The van der Waals surface area contributed by atoms with Gasteiger partial charge in [-0.2, -0.15) is 0 Å². The number of halogens is 1. The zero-order valence-corrected chi connectivity index (χ0v) is 11.4. The Morgan fingerprint density at radius 2 is 1.94 bits per heavy atom. The van der Waals surface area contributed by atoms with Crippen molar-refractivity contribution in [1.29, 1.82) is 0 Å². The van der Waals surface area contributed by atoms with Gasteiger partial charge in [0, 0.05) is 22.9 Å². The second-order valence-corrected chi connectivity index (χ2v) is 6.24. The number of fused-ring (bicyclic) bond motifs is 1. The van der Waals surface area contributed by atoms with E-state index in [0.29, 0.717) is 12.0 Å². The predicted molar refractivity (Wildman–Crippen MR) is 72.5 cm³/mol. The third-order valence-electron chi connectivity index (χ3n) is 4.75. The molecule has 0 unspecified atom stereocenters. The van der Waals surface area contributed by atoms with E-state index in [9.17, 15) is 5.11 Å². The molecule has 3 rings (SSSR count). The lowest BCUT2D eigenvalue weighted by Crippen LogP contribution is -2.91. The maximum atomic E-state index is 10.8. The van der Waals surface area contributed by atoms with Crippen molar-refractivity contribution in [2.75, 3.05) is 6.54 Å². The van der Waals surface area contributed by atoms with E-state index in [2.05, 4.69) is 17.4 Å². The average Bonchev–Trinajstić information content (AvgIpc) is 2.38. The van der Waals surface area contributed by atoms with Crippen LogP contribution in [0.2, 0.25) is 5.02 Å². The molecule has 1 aromatic rings. The minimum absolute atomic E-state index is 0.404. The van der Waals surface area contributed by atoms with E-state index in [4.69, 9.17) is 11.6 Å². The Hall–Kier alpha value is -0.570. The largest absolute Gasteiger partial charge is 0.389 e. The number of nitrogens with two attached hydrogens (primary N) is 1. The summed E-state index contributed by atoms with van der Waals surface area (Å²) in [6.07, 6.45) is 5.52. The van der Waals surface area contributed by atoms with Crippen LogP contribution in [-0.4, -0.2) is 17.3 Å². The molecule has 1 aromatic carbocycles. The zero-order valence-electron chi connectivity index (χ0n) is 10.6. The Bertz CT molecular complexity index is 415. The van der Waals surface area contributed by atoms with Gasteiger partial charge in [-0.3, -0.25) is 0 Å². The van der Waals surface area contributed by atoms with Crippen LogP contribution >= 0.6 is 11.6 Å². The molecule has 1 saturated carbocycles. The molecule has 3 N–H and O–H groups in total. The highest BCUT2D eigenvalue weighted by Gasteiger charge is 2.48. The van der Waals surface area contributed by atoms with Crippen molar-refractivity contribution in [3.63, 3.8) is 0 Å². The minimum atomic E-state index is -0.419. The standard InChI is InChI=1S/C15H20ClNO/c16-12-6-4-11(5-7-12)14-13-3-1-2-8-15(13,18)9-10-17-14/h4-7,13-14,17-18H,1-3,8-10H2/p+1/t13-,14+,15+/m0/s1. The monoisotopic (exact) mass is 266 g/mol. The van der Waals surface area contributed by atoms with E-state index < -0.39 is 5.60 Å². The van der Waals surface area contributed by atoms with Crippen molar-refractivity contribution in [2.24, 2.45) is 5.92 Å². The fourth-order valence-electron chi connectivity index (χ4n) is 3.80. The molecule has 1 saturated heterocycles. The van der Waals surface area contributed by atoms with E-state index in [1.807, 2.05) is 12.1 Å². The van der Waals surface area contributed by atoms with Gasteiger partial charge in [-0.15, -0.1) is 0 Å².